The minimum absolute atomic E-state index is 0. The van der Waals surface area contributed by atoms with Crippen molar-refractivity contribution >= 4 is 18.3 Å². The van der Waals surface area contributed by atoms with Gasteiger partial charge in [0, 0.05) is 36.7 Å². The summed E-state index contributed by atoms with van der Waals surface area (Å²) in [5, 5.41) is 10.8. The Morgan fingerprint density at radius 2 is 1.85 bits per heavy atom. The SMILES string of the molecule is Cl.O=C(c1ccc(-c2n[nH]c(C3CC3)n2)cc1)N1CCC2(CCNC2)CC1. The van der Waals surface area contributed by atoms with Gasteiger partial charge in [0.05, 0.1) is 0 Å². The van der Waals surface area contributed by atoms with Crippen molar-refractivity contribution in [3.05, 3.63) is 35.7 Å². The molecule has 1 aromatic heterocycles. The number of nitrogens with zero attached hydrogens (tertiary/aromatic N) is 3. The van der Waals surface area contributed by atoms with Crippen molar-refractivity contribution in [2.45, 2.75) is 38.0 Å². The van der Waals surface area contributed by atoms with E-state index in [0.717, 1.165) is 61.8 Å². The summed E-state index contributed by atoms with van der Waals surface area (Å²) < 4.78 is 0. The lowest BCUT2D eigenvalue weighted by molar-refractivity contribution is 0.0607. The van der Waals surface area contributed by atoms with Crippen LogP contribution < -0.4 is 5.32 Å². The van der Waals surface area contributed by atoms with E-state index in [9.17, 15) is 4.79 Å². The van der Waals surface area contributed by atoms with Gasteiger partial charge < -0.3 is 10.2 Å². The van der Waals surface area contributed by atoms with Crippen LogP contribution >= 0.6 is 12.4 Å². The Morgan fingerprint density at radius 3 is 2.48 bits per heavy atom. The van der Waals surface area contributed by atoms with Crippen molar-refractivity contribution in [2.75, 3.05) is 26.2 Å². The normalized spacial score (nSPS) is 21.3. The number of piperidine rings is 1. The van der Waals surface area contributed by atoms with Gasteiger partial charge in [-0.15, -0.1) is 12.4 Å². The highest BCUT2D eigenvalue weighted by atomic mass is 35.5. The van der Waals surface area contributed by atoms with E-state index in [-0.39, 0.29) is 18.3 Å². The van der Waals surface area contributed by atoms with Gasteiger partial charge in [-0.2, -0.15) is 5.10 Å². The van der Waals surface area contributed by atoms with E-state index < -0.39 is 0 Å². The monoisotopic (exact) mass is 387 g/mol. The molecule has 0 atom stereocenters. The van der Waals surface area contributed by atoms with Crippen molar-refractivity contribution in [1.29, 1.82) is 0 Å². The molecular formula is C20H26ClN5O. The highest BCUT2D eigenvalue weighted by Gasteiger charge is 2.38. The molecule has 6 nitrogen and oxygen atoms in total. The first kappa shape index (κ1) is 18.4. The lowest BCUT2D eigenvalue weighted by atomic mass is 9.78. The molecule has 2 aromatic rings. The Bertz CT molecular complexity index is 798. The topological polar surface area (TPSA) is 73.9 Å². The number of likely N-dealkylation sites (tertiary alicyclic amines) is 1. The van der Waals surface area contributed by atoms with E-state index in [1.165, 1.54) is 19.3 Å². The third kappa shape index (κ3) is 3.60. The Labute approximate surface area is 165 Å². The number of amides is 1. The summed E-state index contributed by atoms with van der Waals surface area (Å²) in [6.07, 6.45) is 5.89. The molecular weight excluding hydrogens is 362 g/mol. The summed E-state index contributed by atoms with van der Waals surface area (Å²) in [4.78, 5) is 19.4. The lowest BCUT2D eigenvalue weighted by Gasteiger charge is -2.38. The summed E-state index contributed by atoms with van der Waals surface area (Å²) in [5.41, 5.74) is 2.15. The van der Waals surface area contributed by atoms with Crippen LogP contribution in [0.15, 0.2) is 24.3 Å². The van der Waals surface area contributed by atoms with Crippen LogP contribution in [-0.2, 0) is 0 Å². The number of hydrogen-bond acceptors (Lipinski definition) is 4. The summed E-state index contributed by atoms with van der Waals surface area (Å²) >= 11 is 0. The third-order valence-electron chi connectivity index (χ3n) is 6.30. The molecule has 2 N–H and O–H groups in total. The smallest absolute Gasteiger partial charge is 0.253 e. The quantitative estimate of drug-likeness (QED) is 0.849. The number of aromatic nitrogens is 3. The highest BCUT2D eigenvalue weighted by molar-refractivity contribution is 5.94. The van der Waals surface area contributed by atoms with Crippen LogP contribution in [0.5, 0.6) is 0 Å². The zero-order valence-corrected chi connectivity index (χ0v) is 16.2. The molecule has 27 heavy (non-hydrogen) atoms. The Balaban J connectivity index is 0.00000180. The highest BCUT2D eigenvalue weighted by Crippen LogP contribution is 2.39. The molecule has 5 rings (SSSR count). The third-order valence-corrected chi connectivity index (χ3v) is 6.30. The minimum Gasteiger partial charge on any atom is -0.339 e. The van der Waals surface area contributed by atoms with Gasteiger partial charge in [0.25, 0.3) is 5.91 Å². The molecule has 0 bridgehead atoms. The Morgan fingerprint density at radius 1 is 1.11 bits per heavy atom. The number of hydrogen-bond donors (Lipinski definition) is 2. The number of aromatic amines is 1. The predicted octanol–water partition coefficient (Wildman–Crippen LogP) is 2.99. The van der Waals surface area contributed by atoms with Crippen LogP contribution in [0.2, 0.25) is 0 Å². The predicted molar refractivity (Wildman–Crippen MR) is 106 cm³/mol. The zero-order valence-electron chi connectivity index (χ0n) is 15.4. The maximum atomic E-state index is 12.8. The van der Waals surface area contributed by atoms with Crippen LogP contribution in [0.3, 0.4) is 0 Å². The zero-order chi connectivity index (χ0) is 17.6. The second-order valence-corrected chi connectivity index (χ2v) is 8.11. The van der Waals surface area contributed by atoms with Crippen molar-refractivity contribution in [2.24, 2.45) is 5.41 Å². The van der Waals surface area contributed by atoms with Gasteiger partial charge in [0.15, 0.2) is 5.82 Å². The summed E-state index contributed by atoms with van der Waals surface area (Å²) in [5.74, 6) is 2.42. The number of H-pyrrole nitrogens is 1. The lowest BCUT2D eigenvalue weighted by Crippen LogP contribution is -2.44. The van der Waals surface area contributed by atoms with Crippen LogP contribution in [0.1, 0.15) is 54.2 Å². The fourth-order valence-corrected chi connectivity index (χ4v) is 4.29. The second kappa shape index (κ2) is 7.24. The largest absolute Gasteiger partial charge is 0.339 e. The number of carbonyl (C=O) groups excluding carboxylic acids is 1. The molecule has 1 saturated carbocycles. The van der Waals surface area contributed by atoms with Gasteiger partial charge in [0.1, 0.15) is 5.82 Å². The van der Waals surface area contributed by atoms with E-state index >= 15 is 0 Å². The fraction of sp³-hybridized carbons (Fsp3) is 0.550. The Hall–Kier alpha value is -1.92. The van der Waals surface area contributed by atoms with Crippen molar-refractivity contribution in [3.8, 4) is 11.4 Å². The number of halogens is 1. The number of carbonyl (C=O) groups is 1. The van der Waals surface area contributed by atoms with E-state index in [4.69, 9.17) is 0 Å². The number of benzene rings is 1. The molecule has 0 radical (unpaired) electrons. The molecule has 7 heteroatoms. The molecule has 0 unspecified atom stereocenters. The van der Waals surface area contributed by atoms with Crippen molar-refractivity contribution in [1.82, 2.24) is 25.4 Å². The fourth-order valence-electron chi connectivity index (χ4n) is 4.29. The summed E-state index contributed by atoms with van der Waals surface area (Å²) in [6, 6.07) is 7.73. The average Bonchev–Trinajstić information content (AvgIpc) is 3.24. The van der Waals surface area contributed by atoms with Gasteiger partial charge in [0.2, 0.25) is 0 Å². The molecule has 3 aliphatic rings. The maximum Gasteiger partial charge on any atom is 0.253 e. The van der Waals surface area contributed by atoms with E-state index in [1.807, 2.05) is 29.2 Å². The number of rotatable bonds is 3. The Kier molecular flexibility index (Phi) is 4.95. The van der Waals surface area contributed by atoms with Crippen LogP contribution in [-0.4, -0.2) is 52.2 Å². The molecule has 1 aliphatic carbocycles. The first-order chi connectivity index (χ1) is 12.7. The van der Waals surface area contributed by atoms with Crippen LogP contribution in [0, 0.1) is 5.41 Å². The number of nitrogens with one attached hydrogen (secondary N) is 2. The summed E-state index contributed by atoms with van der Waals surface area (Å²) in [7, 11) is 0. The first-order valence-corrected chi connectivity index (χ1v) is 9.75. The van der Waals surface area contributed by atoms with E-state index in [0.29, 0.717) is 11.3 Å². The minimum atomic E-state index is 0. The first-order valence-electron chi connectivity index (χ1n) is 9.75. The van der Waals surface area contributed by atoms with Gasteiger partial charge in [-0.1, -0.05) is 12.1 Å². The molecule has 3 heterocycles. The van der Waals surface area contributed by atoms with E-state index in [1.54, 1.807) is 0 Å². The molecule has 2 saturated heterocycles. The van der Waals surface area contributed by atoms with Gasteiger partial charge in [-0.25, -0.2) is 4.98 Å². The molecule has 2 aliphatic heterocycles. The summed E-state index contributed by atoms with van der Waals surface area (Å²) in [6.45, 7) is 3.98. The molecule has 1 aromatic carbocycles. The van der Waals surface area contributed by atoms with Gasteiger partial charge in [-0.3, -0.25) is 9.89 Å². The average molecular weight is 388 g/mol. The molecule has 1 amide bonds. The van der Waals surface area contributed by atoms with Crippen molar-refractivity contribution < 1.29 is 4.79 Å². The van der Waals surface area contributed by atoms with Gasteiger partial charge >= 0.3 is 0 Å². The van der Waals surface area contributed by atoms with E-state index in [2.05, 4.69) is 20.5 Å². The van der Waals surface area contributed by atoms with Crippen LogP contribution in [0.4, 0.5) is 0 Å². The molecule has 3 fully saturated rings. The second-order valence-electron chi connectivity index (χ2n) is 8.11. The molecule has 144 valence electrons. The van der Waals surface area contributed by atoms with Crippen LogP contribution in [0.25, 0.3) is 11.4 Å². The van der Waals surface area contributed by atoms with Gasteiger partial charge in [-0.05, 0) is 56.2 Å². The molecule has 1 spiro atoms. The standard InChI is InChI=1S/C20H25N5O.ClH/c26-19(25-11-8-20(9-12-25)7-10-21-13-20)16-5-3-15(4-6-16)18-22-17(23-24-18)14-1-2-14;/h3-6,14,21H,1-2,7-13H2,(H,22,23,24);1H. The van der Waals surface area contributed by atoms with Crippen molar-refractivity contribution in [3.63, 3.8) is 0 Å². The maximum absolute atomic E-state index is 12.8.